The van der Waals surface area contributed by atoms with Crippen molar-refractivity contribution in [1.82, 2.24) is 29.7 Å². The SMILES string of the molecule is NC(=O)c1nc(OC(=O)C(O)C(O)C(=O)Oc2nc(C(N)=O)c(N)n2[C@H]2O[C@@H](CNCc3ccccc3)[C@H](O)[C@@H]2O)n([C@H]2O[C@@H](CNCc3ccccc3)[C@H](O)[C@@H]2O)c1N. The van der Waals surface area contributed by atoms with Crippen LogP contribution in [0, 0.1) is 0 Å². The number of aliphatic hydroxyl groups is 6. The molecule has 6 rings (SSSR count). The van der Waals surface area contributed by atoms with Gasteiger partial charge in [-0.1, -0.05) is 60.7 Å². The Morgan fingerprint density at radius 3 is 1.32 bits per heavy atom. The minimum Gasteiger partial charge on any atom is -0.390 e. The molecular formula is C36H44N10O14. The number of anilines is 2. The quantitative estimate of drug-likeness (QED) is 0.0446. The van der Waals surface area contributed by atoms with Crippen LogP contribution in [0.25, 0.3) is 0 Å². The van der Waals surface area contributed by atoms with Gasteiger partial charge in [0.25, 0.3) is 11.8 Å². The number of amides is 2. The van der Waals surface area contributed by atoms with Gasteiger partial charge in [0.05, 0.1) is 0 Å². The molecular weight excluding hydrogens is 796 g/mol. The van der Waals surface area contributed by atoms with Crippen LogP contribution in [0.4, 0.5) is 11.6 Å². The first-order chi connectivity index (χ1) is 28.6. The average Bonchev–Trinajstić information content (AvgIpc) is 3.91. The van der Waals surface area contributed by atoms with Gasteiger partial charge in [0, 0.05) is 26.2 Å². The van der Waals surface area contributed by atoms with E-state index in [1.54, 1.807) is 0 Å². The van der Waals surface area contributed by atoms with Gasteiger partial charge in [0.2, 0.25) is 0 Å². The van der Waals surface area contributed by atoms with E-state index in [9.17, 15) is 49.8 Å². The highest BCUT2D eigenvalue weighted by Crippen LogP contribution is 2.37. The lowest BCUT2D eigenvalue weighted by molar-refractivity contribution is -0.163. The number of hydrogen-bond donors (Lipinski definition) is 12. The average molecular weight is 841 g/mol. The highest BCUT2D eigenvalue weighted by atomic mass is 16.6. The van der Waals surface area contributed by atoms with Crippen molar-refractivity contribution >= 4 is 35.4 Å². The number of ether oxygens (including phenoxy) is 4. The van der Waals surface area contributed by atoms with E-state index in [1.165, 1.54) is 0 Å². The fraction of sp³-hybridized carbons (Fsp3) is 0.389. The number of nitrogens with zero attached hydrogens (tertiary/aromatic N) is 4. The van der Waals surface area contributed by atoms with Gasteiger partial charge in [-0.25, -0.2) is 18.7 Å². The molecule has 2 unspecified atom stereocenters. The molecule has 16 N–H and O–H groups in total. The highest BCUT2D eigenvalue weighted by Gasteiger charge is 2.48. The Morgan fingerprint density at radius 2 is 0.983 bits per heavy atom. The fourth-order valence-electron chi connectivity index (χ4n) is 6.54. The lowest BCUT2D eigenvalue weighted by atomic mass is 10.1. The van der Waals surface area contributed by atoms with E-state index < -0.39 is 120 Å². The number of imidazole rings is 2. The summed E-state index contributed by atoms with van der Waals surface area (Å²) < 4.78 is 23.2. The van der Waals surface area contributed by atoms with Gasteiger partial charge >= 0.3 is 24.0 Å². The zero-order valence-electron chi connectivity index (χ0n) is 31.4. The van der Waals surface area contributed by atoms with Crippen molar-refractivity contribution in [2.45, 2.75) is 74.4 Å². The van der Waals surface area contributed by atoms with E-state index in [-0.39, 0.29) is 13.1 Å². The molecule has 0 radical (unpaired) electrons. The minimum atomic E-state index is -2.78. The minimum absolute atomic E-state index is 0.00677. The second-order valence-corrected chi connectivity index (χ2v) is 13.8. The van der Waals surface area contributed by atoms with Crippen molar-refractivity contribution in [2.75, 3.05) is 24.6 Å². The summed E-state index contributed by atoms with van der Waals surface area (Å²) in [6, 6.07) is 16.6. The number of nitrogen functional groups attached to an aromatic ring is 2. The summed E-state index contributed by atoms with van der Waals surface area (Å²) in [5.41, 5.74) is 23.4. The maximum absolute atomic E-state index is 13.2. The summed E-state index contributed by atoms with van der Waals surface area (Å²) in [6.45, 7) is 0.751. The van der Waals surface area contributed by atoms with Crippen molar-refractivity contribution in [2.24, 2.45) is 11.5 Å². The van der Waals surface area contributed by atoms with Crippen LogP contribution in [0.1, 0.15) is 44.6 Å². The maximum Gasteiger partial charge on any atom is 0.346 e. The normalized spacial score (nSPS) is 24.8. The number of nitrogens with two attached hydrogens (primary N) is 4. The molecule has 4 aromatic rings. The maximum atomic E-state index is 13.2. The summed E-state index contributed by atoms with van der Waals surface area (Å²) in [7, 11) is 0. The smallest absolute Gasteiger partial charge is 0.346 e. The van der Waals surface area contributed by atoms with Crippen LogP contribution in [0.5, 0.6) is 12.0 Å². The van der Waals surface area contributed by atoms with Crippen LogP contribution in [0.3, 0.4) is 0 Å². The second-order valence-electron chi connectivity index (χ2n) is 13.8. The Kier molecular flexibility index (Phi) is 13.4. The molecule has 2 fully saturated rings. The van der Waals surface area contributed by atoms with Crippen molar-refractivity contribution in [3.8, 4) is 12.0 Å². The Hall–Kier alpha value is -6.06. The lowest BCUT2D eigenvalue weighted by Gasteiger charge is -2.21. The number of primary amides is 2. The van der Waals surface area contributed by atoms with Gasteiger partial charge in [-0.05, 0) is 11.1 Å². The number of carbonyl (C=O) groups is 4. The number of carbonyl (C=O) groups excluding carboxylic acids is 4. The first kappa shape index (κ1) is 43.5. The molecule has 2 aromatic heterocycles. The standard InChI is InChI=1S/C36H44N10O14/c37-27-19(29(39)53)43-35(45(27)31-23(49)21(47)17(57-31)13-41-11-15-7-3-1-4-8-15)59-33(55)25(51)26(52)34(56)60-36-44-20(30(40)54)28(38)46(36)32-24(50)22(48)18(58-32)14-42-12-16-9-5-2-6-10-16/h1-10,17-18,21-26,31-32,41-42,47-52H,11-14,37-38H2,(H2,39,53)(H2,40,54)/t17-,18-,21-,22-,23-,24-,25?,26?,31-,32-/m0/s1. The van der Waals surface area contributed by atoms with Crippen LogP contribution in [-0.4, -0.2) is 135 Å². The Morgan fingerprint density at radius 1 is 0.633 bits per heavy atom. The highest BCUT2D eigenvalue weighted by molar-refractivity contribution is 5.96. The number of aromatic nitrogens is 4. The first-order valence-electron chi connectivity index (χ1n) is 18.3. The van der Waals surface area contributed by atoms with E-state index in [1.807, 2.05) is 60.7 Å². The van der Waals surface area contributed by atoms with Gasteiger partial charge in [0.1, 0.15) is 48.3 Å². The molecule has 2 amide bonds. The van der Waals surface area contributed by atoms with Gasteiger partial charge in [-0.3, -0.25) is 9.59 Å². The molecule has 0 saturated carbocycles. The summed E-state index contributed by atoms with van der Waals surface area (Å²) in [4.78, 5) is 58.2. The summed E-state index contributed by atoms with van der Waals surface area (Å²) >= 11 is 0. The molecule has 10 atom stereocenters. The molecule has 2 aliphatic rings. The number of benzene rings is 2. The number of hydrogen-bond acceptors (Lipinski definition) is 20. The van der Waals surface area contributed by atoms with Crippen LogP contribution in [0.2, 0.25) is 0 Å². The molecule has 0 bridgehead atoms. The molecule has 4 heterocycles. The monoisotopic (exact) mass is 840 g/mol. The van der Waals surface area contributed by atoms with E-state index in [0.717, 1.165) is 11.1 Å². The zero-order valence-corrected chi connectivity index (χ0v) is 31.4. The van der Waals surface area contributed by atoms with Crippen LogP contribution in [-0.2, 0) is 32.2 Å². The zero-order chi connectivity index (χ0) is 43.4. The van der Waals surface area contributed by atoms with Crippen molar-refractivity contribution < 1.29 is 68.8 Å². The molecule has 322 valence electrons. The molecule has 0 spiro atoms. The van der Waals surface area contributed by atoms with Crippen molar-refractivity contribution in [1.29, 1.82) is 0 Å². The molecule has 24 nitrogen and oxygen atoms in total. The van der Waals surface area contributed by atoms with Gasteiger partial charge in [0.15, 0.2) is 36.1 Å². The Bertz CT molecular complexity index is 2020. The van der Waals surface area contributed by atoms with Gasteiger partial charge in [-0.2, -0.15) is 9.97 Å². The summed E-state index contributed by atoms with van der Waals surface area (Å²) in [6.07, 6.45) is -17.6. The first-order valence-corrected chi connectivity index (χ1v) is 18.3. The summed E-state index contributed by atoms with van der Waals surface area (Å²) in [5, 5.41) is 71.0. The van der Waals surface area contributed by atoms with Crippen LogP contribution < -0.4 is 43.0 Å². The third-order valence-electron chi connectivity index (χ3n) is 9.68. The molecule has 2 saturated heterocycles. The van der Waals surface area contributed by atoms with E-state index in [2.05, 4.69) is 20.6 Å². The Labute approximate surface area is 339 Å². The fourth-order valence-corrected chi connectivity index (χ4v) is 6.54. The van der Waals surface area contributed by atoms with Crippen molar-refractivity contribution in [3.63, 3.8) is 0 Å². The third-order valence-corrected chi connectivity index (χ3v) is 9.68. The lowest BCUT2D eigenvalue weighted by Crippen LogP contribution is -2.44. The van der Waals surface area contributed by atoms with Crippen LogP contribution >= 0.6 is 0 Å². The topological polar surface area (TPSA) is 390 Å². The van der Waals surface area contributed by atoms with Gasteiger partial charge in [-0.15, -0.1) is 0 Å². The predicted molar refractivity (Wildman–Crippen MR) is 202 cm³/mol. The van der Waals surface area contributed by atoms with E-state index >= 15 is 0 Å². The largest absolute Gasteiger partial charge is 0.390 e. The number of esters is 2. The number of nitrogens with one attached hydrogen (secondary N) is 2. The molecule has 2 aliphatic heterocycles. The second kappa shape index (κ2) is 18.5. The third kappa shape index (κ3) is 9.06. The number of aliphatic hydroxyl groups excluding tert-OH is 6. The molecule has 24 heteroatoms. The molecule has 2 aromatic carbocycles. The van der Waals surface area contributed by atoms with E-state index in [0.29, 0.717) is 22.2 Å². The number of rotatable bonds is 17. The van der Waals surface area contributed by atoms with Crippen LogP contribution in [0.15, 0.2) is 60.7 Å². The summed E-state index contributed by atoms with van der Waals surface area (Å²) in [5.74, 6) is -7.19. The van der Waals surface area contributed by atoms with Gasteiger partial charge < -0.3 is 83.2 Å². The van der Waals surface area contributed by atoms with E-state index in [4.69, 9.17) is 41.9 Å². The Balaban J connectivity index is 1.15. The molecule has 60 heavy (non-hydrogen) atoms. The van der Waals surface area contributed by atoms with Crippen molar-refractivity contribution in [3.05, 3.63) is 83.2 Å². The predicted octanol–water partition coefficient (Wildman–Crippen LogP) is -4.51. The molecule has 0 aliphatic carbocycles.